The highest BCUT2D eigenvalue weighted by molar-refractivity contribution is 5.64. The molecule has 1 N–H and O–H groups in total. The molecule has 6 heteroatoms. The smallest absolute Gasteiger partial charge is 0.318 e. The summed E-state index contributed by atoms with van der Waals surface area (Å²) < 4.78 is 24.6. The highest BCUT2D eigenvalue weighted by Gasteiger charge is 2.13. The normalized spacial score (nSPS) is 14.0. The van der Waals surface area contributed by atoms with Gasteiger partial charge in [-0.25, -0.2) is 4.39 Å². The van der Waals surface area contributed by atoms with Crippen LogP contribution in [0, 0.1) is 0 Å². The van der Waals surface area contributed by atoms with Gasteiger partial charge in [-0.1, -0.05) is 18.2 Å². The lowest BCUT2D eigenvalue weighted by Crippen LogP contribution is -2.08. The molecule has 0 fully saturated rings. The Balaban J connectivity index is 1.76. The molecule has 0 aliphatic heterocycles. The first-order valence-corrected chi connectivity index (χ1v) is 8.96. The molecule has 1 aromatic heterocycles. The number of rotatable bonds is 7. The summed E-state index contributed by atoms with van der Waals surface area (Å²) in [6.07, 6.45) is 3.97. The van der Waals surface area contributed by atoms with Crippen molar-refractivity contribution in [3.8, 4) is 23.0 Å². The molecule has 0 spiro atoms. The standard InChI is InChI=1S/C21H24FN3O2/c1-14-6-4-9-18(22)17(14)10-11-23-20-13-19(24-21(25-20)27-3)15-7-5-8-16(12-15)26-2/h5-8,12-13H,4,9-11H2,1-3H3,(H,23,24,25). The molecule has 0 amide bonds. The summed E-state index contributed by atoms with van der Waals surface area (Å²) in [6, 6.07) is 9.77. The molecule has 27 heavy (non-hydrogen) atoms. The number of nitrogens with zero attached hydrogens (tertiary/aromatic N) is 2. The van der Waals surface area contributed by atoms with Crippen molar-refractivity contribution in [3.63, 3.8) is 0 Å². The molecule has 0 unspecified atom stereocenters. The molecule has 0 radical (unpaired) electrons. The minimum Gasteiger partial charge on any atom is -0.497 e. The van der Waals surface area contributed by atoms with E-state index < -0.39 is 0 Å². The minimum absolute atomic E-state index is 0.00543. The Morgan fingerprint density at radius 1 is 1.15 bits per heavy atom. The number of nitrogens with one attached hydrogen (secondary N) is 1. The van der Waals surface area contributed by atoms with Crippen molar-refractivity contribution in [2.75, 3.05) is 26.1 Å². The van der Waals surface area contributed by atoms with Gasteiger partial charge in [0.15, 0.2) is 0 Å². The minimum atomic E-state index is -0.00543. The van der Waals surface area contributed by atoms with Gasteiger partial charge in [0.2, 0.25) is 0 Å². The number of ether oxygens (including phenoxy) is 2. The van der Waals surface area contributed by atoms with Crippen LogP contribution in [0.2, 0.25) is 0 Å². The molecule has 0 saturated heterocycles. The molecule has 3 rings (SSSR count). The number of halogens is 1. The maximum absolute atomic E-state index is 14.1. The van der Waals surface area contributed by atoms with E-state index in [0.29, 0.717) is 25.2 Å². The van der Waals surface area contributed by atoms with Gasteiger partial charge in [0, 0.05) is 24.6 Å². The summed E-state index contributed by atoms with van der Waals surface area (Å²) in [5.74, 6) is 1.38. The van der Waals surface area contributed by atoms with Gasteiger partial charge in [-0.2, -0.15) is 9.97 Å². The van der Waals surface area contributed by atoms with Crippen molar-refractivity contribution in [3.05, 3.63) is 53.4 Å². The van der Waals surface area contributed by atoms with Gasteiger partial charge in [0.1, 0.15) is 17.4 Å². The monoisotopic (exact) mass is 369 g/mol. The third-order valence-corrected chi connectivity index (χ3v) is 4.55. The van der Waals surface area contributed by atoms with Crippen molar-refractivity contribution >= 4 is 5.82 Å². The second-order valence-electron chi connectivity index (χ2n) is 6.34. The van der Waals surface area contributed by atoms with Gasteiger partial charge in [-0.3, -0.25) is 0 Å². The first-order chi connectivity index (χ1) is 13.1. The fraction of sp³-hybridized carbons (Fsp3) is 0.333. The topological polar surface area (TPSA) is 56.3 Å². The Morgan fingerprint density at radius 2 is 2.00 bits per heavy atom. The SMILES string of the molecule is COc1cccc(-c2cc(NCCC3=C(F)CCC=C3C)nc(OC)n2)c1. The van der Waals surface area contributed by atoms with Crippen LogP contribution in [0.5, 0.6) is 11.8 Å². The van der Waals surface area contributed by atoms with E-state index in [1.54, 1.807) is 7.11 Å². The van der Waals surface area contributed by atoms with Crippen molar-refractivity contribution in [1.82, 2.24) is 9.97 Å². The maximum Gasteiger partial charge on any atom is 0.318 e. The van der Waals surface area contributed by atoms with Crippen LogP contribution < -0.4 is 14.8 Å². The highest BCUT2D eigenvalue weighted by atomic mass is 19.1. The van der Waals surface area contributed by atoms with Gasteiger partial charge >= 0.3 is 6.01 Å². The summed E-state index contributed by atoms with van der Waals surface area (Å²) in [5.41, 5.74) is 3.45. The van der Waals surface area contributed by atoms with Crippen LogP contribution in [-0.4, -0.2) is 30.7 Å². The van der Waals surface area contributed by atoms with Gasteiger partial charge in [0.05, 0.1) is 19.9 Å². The predicted molar refractivity (Wildman–Crippen MR) is 105 cm³/mol. The molecule has 0 saturated carbocycles. The van der Waals surface area contributed by atoms with Crippen LogP contribution in [0.1, 0.15) is 26.2 Å². The third kappa shape index (κ3) is 4.64. The molecule has 1 aliphatic rings. The van der Waals surface area contributed by atoms with Gasteiger partial charge in [-0.05, 0) is 43.0 Å². The Bertz CT molecular complexity index is 877. The highest BCUT2D eigenvalue weighted by Crippen LogP contribution is 2.29. The second-order valence-corrected chi connectivity index (χ2v) is 6.34. The van der Waals surface area contributed by atoms with Crippen LogP contribution in [0.4, 0.5) is 10.2 Å². The Hall–Kier alpha value is -2.89. The first kappa shape index (κ1) is 18.9. The fourth-order valence-corrected chi connectivity index (χ4v) is 3.09. The number of benzene rings is 1. The van der Waals surface area contributed by atoms with E-state index in [0.717, 1.165) is 34.6 Å². The molecule has 2 aromatic rings. The predicted octanol–water partition coefficient (Wildman–Crippen LogP) is 4.93. The summed E-state index contributed by atoms with van der Waals surface area (Å²) >= 11 is 0. The average molecular weight is 369 g/mol. The Labute approximate surface area is 158 Å². The maximum atomic E-state index is 14.1. The zero-order valence-corrected chi connectivity index (χ0v) is 15.9. The van der Waals surface area contributed by atoms with Crippen molar-refractivity contribution in [2.24, 2.45) is 0 Å². The van der Waals surface area contributed by atoms with E-state index in [2.05, 4.69) is 21.4 Å². The quantitative estimate of drug-likeness (QED) is 0.750. The molecule has 1 aromatic carbocycles. The van der Waals surface area contributed by atoms with Crippen LogP contribution in [0.25, 0.3) is 11.3 Å². The number of hydrogen-bond acceptors (Lipinski definition) is 5. The van der Waals surface area contributed by atoms with Gasteiger partial charge in [-0.15, -0.1) is 0 Å². The number of aromatic nitrogens is 2. The molecule has 1 aliphatic carbocycles. The summed E-state index contributed by atoms with van der Waals surface area (Å²) in [7, 11) is 3.16. The Kier molecular flexibility index (Phi) is 6.06. The second kappa shape index (κ2) is 8.66. The lowest BCUT2D eigenvalue weighted by Gasteiger charge is -2.16. The zero-order chi connectivity index (χ0) is 19.2. The van der Waals surface area contributed by atoms with E-state index >= 15 is 0 Å². The lowest BCUT2D eigenvalue weighted by atomic mass is 9.95. The van der Waals surface area contributed by atoms with E-state index in [9.17, 15) is 4.39 Å². The largest absolute Gasteiger partial charge is 0.497 e. The molecular weight excluding hydrogens is 345 g/mol. The van der Waals surface area contributed by atoms with Crippen molar-refractivity contribution in [2.45, 2.75) is 26.2 Å². The lowest BCUT2D eigenvalue weighted by molar-refractivity contribution is 0.381. The average Bonchev–Trinajstić information content (AvgIpc) is 2.70. The van der Waals surface area contributed by atoms with E-state index in [1.165, 1.54) is 7.11 Å². The van der Waals surface area contributed by atoms with Crippen LogP contribution in [-0.2, 0) is 0 Å². The van der Waals surface area contributed by atoms with Crippen LogP contribution in [0.15, 0.2) is 53.4 Å². The number of hydrogen-bond donors (Lipinski definition) is 1. The summed E-state index contributed by atoms with van der Waals surface area (Å²) in [6.45, 7) is 2.54. The molecule has 0 atom stereocenters. The molecular formula is C21H24FN3O2. The van der Waals surface area contributed by atoms with E-state index in [-0.39, 0.29) is 11.8 Å². The fourth-order valence-electron chi connectivity index (χ4n) is 3.09. The number of methoxy groups -OCH3 is 2. The van der Waals surface area contributed by atoms with Crippen molar-refractivity contribution < 1.29 is 13.9 Å². The number of anilines is 1. The van der Waals surface area contributed by atoms with E-state index in [1.807, 2.05) is 37.3 Å². The Morgan fingerprint density at radius 3 is 2.74 bits per heavy atom. The molecule has 5 nitrogen and oxygen atoms in total. The first-order valence-electron chi connectivity index (χ1n) is 8.96. The zero-order valence-electron chi connectivity index (χ0n) is 15.9. The summed E-state index contributed by atoms with van der Waals surface area (Å²) in [4.78, 5) is 8.75. The van der Waals surface area contributed by atoms with Crippen molar-refractivity contribution in [1.29, 1.82) is 0 Å². The third-order valence-electron chi connectivity index (χ3n) is 4.55. The number of allylic oxidation sites excluding steroid dienone is 3. The molecule has 142 valence electrons. The van der Waals surface area contributed by atoms with Gasteiger partial charge in [0.25, 0.3) is 0 Å². The van der Waals surface area contributed by atoms with Crippen LogP contribution in [0.3, 0.4) is 0 Å². The molecule has 0 bridgehead atoms. The molecule has 1 heterocycles. The van der Waals surface area contributed by atoms with E-state index in [4.69, 9.17) is 9.47 Å². The van der Waals surface area contributed by atoms with Crippen LogP contribution >= 0.6 is 0 Å². The summed E-state index contributed by atoms with van der Waals surface area (Å²) in [5, 5.41) is 3.26. The van der Waals surface area contributed by atoms with Gasteiger partial charge < -0.3 is 14.8 Å².